The third-order valence-corrected chi connectivity index (χ3v) is 0.566. The molecular formula is C6H7NO3. The number of nitrogens with zero attached hydrogens (tertiary/aromatic N) is 1. The van der Waals surface area contributed by atoms with E-state index in [0.717, 1.165) is 0 Å². The van der Waals surface area contributed by atoms with E-state index >= 15 is 0 Å². The Hall–Kier alpha value is -1.58. The highest BCUT2D eigenvalue weighted by Gasteiger charge is 1.70. The highest BCUT2D eigenvalue weighted by Crippen LogP contribution is 1.73. The van der Waals surface area contributed by atoms with Crippen molar-refractivity contribution in [2.24, 2.45) is 0 Å². The highest BCUT2D eigenvalue weighted by molar-refractivity contribution is 5.53. The van der Waals surface area contributed by atoms with Crippen LogP contribution < -0.4 is 0 Å². The fraction of sp³-hybridized carbons (Fsp3) is 0. The zero-order valence-corrected chi connectivity index (χ0v) is 5.14. The van der Waals surface area contributed by atoms with E-state index in [2.05, 4.69) is 4.98 Å². The van der Waals surface area contributed by atoms with Crippen LogP contribution in [0, 0.1) is 0 Å². The van der Waals surface area contributed by atoms with Crippen molar-refractivity contribution >= 4 is 6.16 Å². The first kappa shape index (κ1) is 8.42. The quantitative estimate of drug-likeness (QED) is 0.571. The second-order valence-electron chi connectivity index (χ2n) is 1.31. The molecule has 0 spiro atoms. The average Bonchev–Trinajstić information content (AvgIpc) is 1.90. The first-order chi connectivity index (χ1) is 4.73. The van der Waals surface area contributed by atoms with Gasteiger partial charge in [-0.3, -0.25) is 4.98 Å². The molecular weight excluding hydrogens is 134 g/mol. The van der Waals surface area contributed by atoms with Crippen molar-refractivity contribution in [2.45, 2.75) is 0 Å². The first-order valence-corrected chi connectivity index (χ1v) is 2.50. The van der Waals surface area contributed by atoms with Gasteiger partial charge >= 0.3 is 6.16 Å². The highest BCUT2D eigenvalue weighted by atomic mass is 16.6. The number of carboxylic acid groups (broad SMARTS) is 2. The zero-order valence-electron chi connectivity index (χ0n) is 5.14. The molecule has 4 nitrogen and oxygen atoms in total. The summed E-state index contributed by atoms with van der Waals surface area (Å²) in [6.45, 7) is 0. The molecule has 0 atom stereocenters. The molecule has 54 valence electrons. The summed E-state index contributed by atoms with van der Waals surface area (Å²) in [6.07, 6.45) is 1.67. The summed E-state index contributed by atoms with van der Waals surface area (Å²) in [7, 11) is 0. The molecule has 0 aromatic carbocycles. The van der Waals surface area contributed by atoms with Gasteiger partial charge in [-0.25, -0.2) is 4.79 Å². The maximum atomic E-state index is 8.56. The summed E-state index contributed by atoms with van der Waals surface area (Å²) in [5.41, 5.74) is 0. The SMILES string of the molecule is O=C(O)O.c1ccncc1. The fourth-order valence-electron chi connectivity index (χ4n) is 0.313. The second kappa shape index (κ2) is 5.55. The minimum atomic E-state index is -1.83. The fourth-order valence-corrected chi connectivity index (χ4v) is 0.313. The Balaban J connectivity index is 0.000000180. The Morgan fingerprint density at radius 1 is 1.10 bits per heavy atom. The number of aromatic nitrogens is 1. The van der Waals surface area contributed by atoms with Gasteiger partial charge in [-0.2, -0.15) is 0 Å². The maximum absolute atomic E-state index is 8.56. The summed E-state index contributed by atoms with van der Waals surface area (Å²) in [6, 6.07) is 5.72. The minimum Gasteiger partial charge on any atom is -0.450 e. The Kier molecular flexibility index (Phi) is 4.68. The Labute approximate surface area is 57.8 Å². The summed E-state index contributed by atoms with van der Waals surface area (Å²) >= 11 is 0. The lowest BCUT2D eigenvalue weighted by molar-refractivity contribution is 0.137. The lowest BCUT2D eigenvalue weighted by atomic mass is 10.5. The van der Waals surface area contributed by atoms with Gasteiger partial charge in [0.15, 0.2) is 0 Å². The van der Waals surface area contributed by atoms with Gasteiger partial charge in [-0.15, -0.1) is 0 Å². The number of rotatable bonds is 0. The molecule has 0 saturated heterocycles. The molecule has 4 heteroatoms. The van der Waals surface area contributed by atoms with Gasteiger partial charge in [-0.05, 0) is 12.1 Å². The van der Waals surface area contributed by atoms with Crippen LogP contribution in [0.15, 0.2) is 30.6 Å². The molecule has 0 fully saturated rings. The van der Waals surface area contributed by atoms with Crippen LogP contribution in [0.2, 0.25) is 0 Å². The van der Waals surface area contributed by atoms with Gasteiger partial charge in [-0.1, -0.05) is 6.07 Å². The second-order valence-corrected chi connectivity index (χ2v) is 1.31. The maximum Gasteiger partial charge on any atom is 0.503 e. The summed E-state index contributed by atoms with van der Waals surface area (Å²) in [4.78, 5) is 12.3. The van der Waals surface area contributed by atoms with E-state index < -0.39 is 6.16 Å². The molecule has 0 amide bonds. The van der Waals surface area contributed by atoms with Crippen molar-refractivity contribution in [3.05, 3.63) is 30.6 Å². The molecule has 1 aromatic heterocycles. The third kappa shape index (κ3) is 9.65. The van der Waals surface area contributed by atoms with Crippen LogP contribution >= 0.6 is 0 Å². The summed E-state index contributed by atoms with van der Waals surface area (Å²) in [5.74, 6) is 0. The Bertz CT molecular complexity index is 145. The van der Waals surface area contributed by atoms with Gasteiger partial charge in [0.2, 0.25) is 0 Å². The third-order valence-electron chi connectivity index (χ3n) is 0.566. The molecule has 0 saturated carbocycles. The first-order valence-electron chi connectivity index (χ1n) is 2.50. The predicted molar refractivity (Wildman–Crippen MR) is 34.9 cm³/mol. The average molecular weight is 141 g/mol. The van der Waals surface area contributed by atoms with E-state index in [1.54, 1.807) is 12.4 Å². The van der Waals surface area contributed by atoms with Gasteiger partial charge in [0.05, 0.1) is 0 Å². The molecule has 1 heterocycles. The lowest BCUT2D eigenvalue weighted by Crippen LogP contribution is -1.81. The topological polar surface area (TPSA) is 70.4 Å². The molecule has 2 N–H and O–H groups in total. The van der Waals surface area contributed by atoms with Crippen molar-refractivity contribution in [2.75, 3.05) is 0 Å². The lowest BCUT2D eigenvalue weighted by Gasteiger charge is -1.70. The van der Waals surface area contributed by atoms with Gasteiger partial charge in [0, 0.05) is 12.4 Å². The molecule has 1 aromatic rings. The van der Waals surface area contributed by atoms with Crippen LogP contribution in [-0.2, 0) is 0 Å². The van der Waals surface area contributed by atoms with E-state index in [-0.39, 0.29) is 0 Å². The molecule has 0 bridgehead atoms. The van der Waals surface area contributed by atoms with E-state index in [0.29, 0.717) is 0 Å². The van der Waals surface area contributed by atoms with Gasteiger partial charge < -0.3 is 10.2 Å². The van der Waals surface area contributed by atoms with E-state index in [1.165, 1.54) is 0 Å². The van der Waals surface area contributed by atoms with Crippen molar-refractivity contribution in [3.8, 4) is 0 Å². The Morgan fingerprint density at radius 2 is 1.50 bits per heavy atom. The van der Waals surface area contributed by atoms with E-state index in [4.69, 9.17) is 15.0 Å². The molecule has 0 unspecified atom stereocenters. The predicted octanol–water partition coefficient (Wildman–Crippen LogP) is 1.30. The minimum absolute atomic E-state index is 1.75. The molecule has 0 aliphatic heterocycles. The van der Waals surface area contributed by atoms with Gasteiger partial charge in [0.1, 0.15) is 0 Å². The zero-order chi connectivity index (χ0) is 7.82. The molecule has 0 aliphatic carbocycles. The largest absolute Gasteiger partial charge is 0.503 e. The normalized spacial score (nSPS) is 7.20. The molecule has 0 radical (unpaired) electrons. The smallest absolute Gasteiger partial charge is 0.450 e. The van der Waals surface area contributed by atoms with Gasteiger partial charge in [0.25, 0.3) is 0 Å². The number of pyridine rings is 1. The molecule has 10 heavy (non-hydrogen) atoms. The van der Waals surface area contributed by atoms with E-state index in [9.17, 15) is 0 Å². The van der Waals surface area contributed by atoms with Crippen LogP contribution in [0.25, 0.3) is 0 Å². The van der Waals surface area contributed by atoms with Crippen LogP contribution in [0.4, 0.5) is 4.79 Å². The van der Waals surface area contributed by atoms with Crippen molar-refractivity contribution < 1.29 is 15.0 Å². The van der Waals surface area contributed by atoms with Crippen LogP contribution in [0.3, 0.4) is 0 Å². The number of hydrogen-bond acceptors (Lipinski definition) is 2. The molecule has 1 rings (SSSR count). The number of hydrogen-bond donors (Lipinski definition) is 2. The van der Waals surface area contributed by atoms with Crippen molar-refractivity contribution in [1.29, 1.82) is 0 Å². The van der Waals surface area contributed by atoms with Crippen molar-refractivity contribution in [3.63, 3.8) is 0 Å². The monoisotopic (exact) mass is 141 g/mol. The Morgan fingerprint density at radius 3 is 1.60 bits per heavy atom. The van der Waals surface area contributed by atoms with Crippen molar-refractivity contribution in [1.82, 2.24) is 4.98 Å². The summed E-state index contributed by atoms with van der Waals surface area (Å²) < 4.78 is 0. The van der Waals surface area contributed by atoms with E-state index in [1.807, 2.05) is 18.2 Å². The standard InChI is InChI=1S/C5H5N.CH2O3/c1-2-4-6-5-3-1;2-1(3)4/h1-5H;(H2,2,3,4). The van der Waals surface area contributed by atoms with Crippen LogP contribution in [0.1, 0.15) is 0 Å². The number of carbonyl (C=O) groups is 1. The van der Waals surface area contributed by atoms with Crippen LogP contribution in [-0.4, -0.2) is 21.4 Å². The van der Waals surface area contributed by atoms with Crippen LogP contribution in [0.5, 0.6) is 0 Å². The molecule has 0 aliphatic rings. The summed E-state index contributed by atoms with van der Waals surface area (Å²) in [5, 5.41) is 13.9.